The first-order valence-corrected chi connectivity index (χ1v) is 8.74. The van der Waals surface area contributed by atoms with Gasteiger partial charge in [0.05, 0.1) is 0 Å². The molecule has 2 aliphatic carbocycles. The monoisotopic (exact) mass is 311 g/mol. The van der Waals surface area contributed by atoms with Crippen molar-refractivity contribution in [3.05, 3.63) is 101 Å². The molecule has 1 nitrogen and oxygen atoms in total. The minimum atomic E-state index is -0.157. The first-order chi connectivity index (χ1) is 11.7. The molecule has 118 valence electrons. The lowest BCUT2D eigenvalue weighted by Gasteiger charge is -2.34. The average molecular weight is 311 g/mol. The van der Waals surface area contributed by atoms with Crippen LogP contribution in [0.25, 0.3) is 0 Å². The van der Waals surface area contributed by atoms with Crippen LogP contribution in [0.2, 0.25) is 0 Å². The van der Waals surface area contributed by atoms with Gasteiger partial charge in [0.1, 0.15) is 0 Å². The number of fused-ring (bicyclic) bond motifs is 5. The van der Waals surface area contributed by atoms with Crippen molar-refractivity contribution in [2.45, 2.75) is 30.6 Å². The number of benzene rings is 3. The second-order valence-electron chi connectivity index (χ2n) is 7.37. The second kappa shape index (κ2) is 4.73. The maximum Gasteiger partial charge on any atom is 0.0429 e. The van der Waals surface area contributed by atoms with E-state index in [2.05, 4.69) is 73.7 Å². The molecular formula is C23H21N. The van der Waals surface area contributed by atoms with Gasteiger partial charge in [0.25, 0.3) is 0 Å². The molecule has 1 fully saturated rings. The zero-order valence-electron chi connectivity index (χ0n) is 13.9. The summed E-state index contributed by atoms with van der Waals surface area (Å²) in [4.78, 5) is 0. The summed E-state index contributed by atoms with van der Waals surface area (Å²) in [6.07, 6.45) is 1.28. The van der Waals surface area contributed by atoms with Crippen molar-refractivity contribution in [2.75, 3.05) is 5.73 Å². The molecule has 24 heavy (non-hydrogen) atoms. The topological polar surface area (TPSA) is 26.0 Å². The summed E-state index contributed by atoms with van der Waals surface area (Å²) in [6.45, 7) is 2.37. The van der Waals surface area contributed by atoms with Crippen molar-refractivity contribution >= 4 is 5.69 Å². The summed E-state index contributed by atoms with van der Waals surface area (Å²) in [6, 6.07) is 26.4. The van der Waals surface area contributed by atoms with Gasteiger partial charge in [-0.1, -0.05) is 60.7 Å². The molecule has 0 bridgehead atoms. The molecule has 1 unspecified atom stereocenters. The number of anilines is 1. The Morgan fingerprint density at radius 1 is 0.792 bits per heavy atom. The Hall–Kier alpha value is -2.54. The highest BCUT2D eigenvalue weighted by Gasteiger charge is 2.49. The Bertz CT molecular complexity index is 889. The van der Waals surface area contributed by atoms with Gasteiger partial charge in [-0.05, 0) is 65.1 Å². The molecule has 0 aromatic heterocycles. The SMILES string of the molecule is CC1(c2cccc(N)c2)c2ccccc2[C@H]2C[C@H]2c2ccccc21. The summed E-state index contributed by atoms with van der Waals surface area (Å²) in [5, 5.41) is 0. The molecular weight excluding hydrogens is 290 g/mol. The highest BCUT2D eigenvalue weighted by Crippen LogP contribution is 2.62. The normalized spacial score (nSPS) is 26.7. The maximum absolute atomic E-state index is 6.14. The van der Waals surface area contributed by atoms with Crippen molar-refractivity contribution in [2.24, 2.45) is 0 Å². The van der Waals surface area contributed by atoms with Crippen LogP contribution in [0.4, 0.5) is 5.69 Å². The molecule has 2 N–H and O–H groups in total. The molecule has 0 radical (unpaired) electrons. The summed E-state index contributed by atoms with van der Waals surface area (Å²) in [5.74, 6) is 1.34. The van der Waals surface area contributed by atoms with Crippen LogP contribution >= 0.6 is 0 Å². The predicted octanol–water partition coefficient (Wildman–Crippen LogP) is 5.21. The lowest BCUT2D eigenvalue weighted by atomic mass is 9.68. The predicted molar refractivity (Wildman–Crippen MR) is 99.4 cm³/mol. The number of rotatable bonds is 1. The minimum absolute atomic E-state index is 0.157. The fourth-order valence-corrected chi connectivity index (χ4v) is 4.74. The van der Waals surface area contributed by atoms with E-state index in [4.69, 9.17) is 5.73 Å². The standard InChI is InChI=1S/C23H21N/c1-23(15-7-6-8-16(24)13-15)21-11-4-2-9-17(21)19-14-20(19)18-10-3-5-12-22(18)23/h2-13,19-20H,14,24H2,1H3/t19-,20+,23?. The smallest absolute Gasteiger partial charge is 0.0429 e. The van der Waals surface area contributed by atoms with Crippen molar-refractivity contribution in [3.63, 3.8) is 0 Å². The summed E-state index contributed by atoms with van der Waals surface area (Å²) in [7, 11) is 0. The van der Waals surface area contributed by atoms with Crippen LogP contribution in [-0.4, -0.2) is 0 Å². The average Bonchev–Trinajstić information content (AvgIpc) is 3.41. The molecule has 3 atom stereocenters. The molecule has 2 aliphatic rings. The van der Waals surface area contributed by atoms with E-state index in [0.29, 0.717) is 11.8 Å². The van der Waals surface area contributed by atoms with Crippen LogP contribution in [-0.2, 0) is 5.41 Å². The van der Waals surface area contributed by atoms with Gasteiger partial charge >= 0.3 is 0 Å². The fourth-order valence-electron chi connectivity index (χ4n) is 4.74. The summed E-state index contributed by atoms with van der Waals surface area (Å²) in [5.41, 5.74) is 14.0. The largest absolute Gasteiger partial charge is 0.399 e. The van der Waals surface area contributed by atoms with E-state index in [1.54, 1.807) is 0 Å². The summed E-state index contributed by atoms with van der Waals surface area (Å²) >= 11 is 0. The Kier molecular flexibility index (Phi) is 2.73. The quantitative estimate of drug-likeness (QED) is 0.614. The van der Waals surface area contributed by atoms with E-state index in [9.17, 15) is 0 Å². The van der Waals surface area contributed by atoms with E-state index in [0.717, 1.165) is 5.69 Å². The zero-order chi connectivity index (χ0) is 16.3. The van der Waals surface area contributed by atoms with Gasteiger partial charge in [-0.2, -0.15) is 0 Å². The summed E-state index contributed by atoms with van der Waals surface area (Å²) < 4.78 is 0. The van der Waals surface area contributed by atoms with Crippen LogP contribution in [0.15, 0.2) is 72.8 Å². The van der Waals surface area contributed by atoms with Crippen molar-refractivity contribution in [3.8, 4) is 0 Å². The molecule has 3 aromatic carbocycles. The number of nitrogens with two attached hydrogens (primary N) is 1. The molecule has 3 aromatic rings. The molecule has 0 saturated heterocycles. The van der Waals surface area contributed by atoms with Crippen LogP contribution in [0, 0.1) is 0 Å². The number of hydrogen-bond acceptors (Lipinski definition) is 1. The molecule has 0 amide bonds. The van der Waals surface area contributed by atoms with Gasteiger partial charge < -0.3 is 5.73 Å². The number of nitrogen functional groups attached to an aromatic ring is 1. The fraction of sp³-hybridized carbons (Fsp3) is 0.217. The van der Waals surface area contributed by atoms with Gasteiger partial charge in [0.15, 0.2) is 0 Å². The number of hydrogen-bond donors (Lipinski definition) is 1. The Labute approximate surface area is 143 Å². The molecule has 1 saturated carbocycles. The lowest BCUT2D eigenvalue weighted by Crippen LogP contribution is -2.27. The molecule has 1 heteroatoms. The van der Waals surface area contributed by atoms with Gasteiger partial charge in [0.2, 0.25) is 0 Å². The molecule has 5 rings (SSSR count). The van der Waals surface area contributed by atoms with Crippen LogP contribution in [0.3, 0.4) is 0 Å². The van der Waals surface area contributed by atoms with Gasteiger partial charge in [-0.3, -0.25) is 0 Å². The van der Waals surface area contributed by atoms with Gasteiger partial charge in [-0.25, -0.2) is 0 Å². The minimum Gasteiger partial charge on any atom is -0.399 e. The maximum atomic E-state index is 6.14. The van der Waals surface area contributed by atoms with E-state index in [-0.39, 0.29) is 5.41 Å². The lowest BCUT2D eigenvalue weighted by molar-refractivity contribution is 0.682. The van der Waals surface area contributed by atoms with E-state index in [1.807, 2.05) is 6.07 Å². The van der Waals surface area contributed by atoms with Crippen molar-refractivity contribution in [1.29, 1.82) is 0 Å². The van der Waals surface area contributed by atoms with Crippen LogP contribution in [0.5, 0.6) is 0 Å². The van der Waals surface area contributed by atoms with E-state index < -0.39 is 0 Å². The molecule has 0 heterocycles. The zero-order valence-corrected chi connectivity index (χ0v) is 13.9. The van der Waals surface area contributed by atoms with Crippen molar-refractivity contribution < 1.29 is 0 Å². The van der Waals surface area contributed by atoms with E-state index >= 15 is 0 Å². The highest BCUT2D eigenvalue weighted by molar-refractivity contribution is 5.62. The van der Waals surface area contributed by atoms with E-state index in [1.165, 1.54) is 34.2 Å². The van der Waals surface area contributed by atoms with Crippen LogP contribution in [0.1, 0.15) is 53.0 Å². The third kappa shape index (κ3) is 1.76. The third-order valence-electron chi connectivity index (χ3n) is 6.05. The Morgan fingerprint density at radius 3 is 1.96 bits per heavy atom. The first-order valence-electron chi connectivity index (χ1n) is 8.74. The van der Waals surface area contributed by atoms with Gasteiger partial charge in [0, 0.05) is 11.1 Å². The van der Waals surface area contributed by atoms with Crippen molar-refractivity contribution in [1.82, 2.24) is 0 Å². The Balaban J connectivity index is 1.88. The molecule has 0 aliphatic heterocycles. The first kappa shape index (κ1) is 13.9. The third-order valence-corrected chi connectivity index (χ3v) is 6.05. The Morgan fingerprint density at radius 2 is 1.38 bits per heavy atom. The van der Waals surface area contributed by atoms with Gasteiger partial charge in [-0.15, -0.1) is 0 Å². The van der Waals surface area contributed by atoms with Crippen LogP contribution < -0.4 is 5.73 Å². The second-order valence-corrected chi connectivity index (χ2v) is 7.37. The molecule has 0 spiro atoms. The highest BCUT2D eigenvalue weighted by atomic mass is 14.6.